The maximum Gasteiger partial charge on any atom is 0.184 e. The van der Waals surface area contributed by atoms with E-state index in [0.29, 0.717) is 16.3 Å². The van der Waals surface area contributed by atoms with Crippen molar-refractivity contribution in [3.8, 4) is 11.5 Å². The highest BCUT2D eigenvalue weighted by atomic mass is 35.5. The van der Waals surface area contributed by atoms with Crippen molar-refractivity contribution < 1.29 is 9.84 Å². The smallest absolute Gasteiger partial charge is 0.184 e. The number of hydrogen-bond donors (Lipinski definition) is 3. The number of hydrogen-bond acceptors (Lipinski definition) is 4. The van der Waals surface area contributed by atoms with E-state index >= 15 is 0 Å². The van der Waals surface area contributed by atoms with Gasteiger partial charge < -0.3 is 15.6 Å². The number of aromatic hydroxyl groups is 1. The monoisotopic (exact) mass is 259 g/mol. The molecule has 0 aliphatic rings. The molecule has 0 spiro atoms. The van der Waals surface area contributed by atoms with Crippen molar-refractivity contribution in [1.29, 1.82) is 0 Å². The van der Waals surface area contributed by atoms with Gasteiger partial charge in [0, 0.05) is 11.6 Å². The molecule has 1 aromatic rings. The van der Waals surface area contributed by atoms with Gasteiger partial charge in [0.2, 0.25) is 0 Å². The summed E-state index contributed by atoms with van der Waals surface area (Å²) in [6, 6.07) is 2.91. The number of phenolic OH excluding ortho intramolecular Hbond substituents is 1. The molecule has 7 heteroatoms. The Labute approximate surface area is 103 Å². The average Bonchev–Trinajstić information content (AvgIpc) is 2.22. The van der Waals surface area contributed by atoms with Crippen LogP contribution in [0.5, 0.6) is 11.5 Å². The molecule has 86 valence electrons. The van der Waals surface area contributed by atoms with Crippen LogP contribution in [0, 0.1) is 0 Å². The van der Waals surface area contributed by atoms with Crippen molar-refractivity contribution in [3.63, 3.8) is 0 Å². The second kappa shape index (κ2) is 5.53. The molecule has 0 amide bonds. The molecule has 0 aliphatic carbocycles. The summed E-state index contributed by atoms with van der Waals surface area (Å²) in [4.78, 5) is 0. The van der Waals surface area contributed by atoms with E-state index in [1.165, 1.54) is 25.5 Å². The molecule has 0 radical (unpaired) electrons. The van der Waals surface area contributed by atoms with Crippen molar-refractivity contribution >= 4 is 35.1 Å². The number of nitrogens with zero attached hydrogens (tertiary/aromatic N) is 1. The number of halogens is 1. The van der Waals surface area contributed by atoms with Crippen molar-refractivity contribution in [1.82, 2.24) is 5.43 Å². The van der Waals surface area contributed by atoms with Gasteiger partial charge in [-0.2, -0.15) is 5.10 Å². The van der Waals surface area contributed by atoms with Crippen LogP contribution in [-0.2, 0) is 0 Å². The van der Waals surface area contributed by atoms with Crippen LogP contribution >= 0.6 is 23.8 Å². The summed E-state index contributed by atoms with van der Waals surface area (Å²) in [6.07, 6.45) is 1.35. The van der Waals surface area contributed by atoms with E-state index < -0.39 is 0 Å². The van der Waals surface area contributed by atoms with Gasteiger partial charge in [-0.1, -0.05) is 11.6 Å². The molecule has 0 heterocycles. The quantitative estimate of drug-likeness (QED) is 0.432. The lowest BCUT2D eigenvalue weighted by atomic mass is 10.2. The van der Waals surface area contributed by atoms with Gasteiger partial charge in [-0.05, 0) is 18.3 Å². The first kappa shape index (κ1) is 12.5. The molecule has 0 saturated carbocycles. The van der Waals surface area contributed by atoms with Crippen LogP contribution in [0.1, 0.15) is 5.56 Å². The lowest BCUT2D eigenvalue weighted by molar-refractivity contribution is 0.408. The van der Waals surface area contributed by atoms with Crippen LogP contribution in [0.25, 0.3) is 0 Å². The Morgan fingerprint density at radius 3 is 2.94 bits per heavy atom. The zero-order valence-electron chi connectivity index (χ0n) is 8.40. The highest BCUT2D eigenvalue weighted by molar-refractivity contribution is 7.80. The summed E-state index contributed by atoms with van der Waals surface area (Å²) in [7, 11) is 1.46. The van der Waals surface area contributed by atoms with Gasteiger partial charge >= 0.3 is 0 Å². The molecule has 16 heavy (non-hydrogen) atoms. The van der Waals surface area contributed by atoms with E-state index in [-0.39, 0.29) is 10.9 Å². The molecule has 0 saturated heterocycles. The number of ether oxygens (including phenoxy) is 1. The minimum absolute atomic E-state index is 0.00487. The van der Waals surface area contributed by atoms with Crippen LogP contribution in [0.3, 0.4) is 0 Å². The number of benzene rings is 1. The first-order valence-corrected chi connectivity index (χ1v) is 4.98. The second-order valence-electron chi connectivity index (χ2n) is 2.78. The maximum atomic E-state index is 9.59. The normalized spacial score (nSPS) is 10.4. The zero-order chi connectivity index (χ0) is 12.1. The molecule has 4 N–H and O–H groups in total. The van der Waals surface area contributed by atoms with E-state index in [4.69, 9.17) is 22.1 Å². The zero-order valence-corrected chi connectivity index (χ0v) is 9.97. The Bertz CT molecular complexity index is 437. The van der Waals surface area contributed by atoms with E-state index in [0.717, 1.165) is 0 Å². The average molecular weight is 260 g/mol. The van der Waals surface area contributed by atoms with Crippen LogP contribution in [0.4, 0.5) is 0 Å². The number of phenols is 1. The molecule has 1 aromatic carbocycles. The van der Waals surface area contributed by atoms with Gasteiger partial charge in [-0.3, -0.25) is 5.43 Å². The molecule has 0 aromatic heterocycles. The van der Waals surface area contributed by atoms with Gasteiger partial charge in [-0.25, -0.2) is 0 Å². The predicted octanol–water partition coefficient (Wildman–Crippen LogP) is 1.22. The Kier molecular flexibility index (Phi) is 4.33. The highest BCUT2D eigenvalue weighted by Gasteiger charge is 2.06. The van der Waals surface area contributed by atoms with Crippen molar-refractivity contribution in [2.24, 2.45) is 10.8 Å². The second-order valence-corrected chi connectivity index (χ2v) is 3.63. The molecule has 1 rings (SSSR count). The topological polar surface area (TPSA) is 79.9 Å². The maximum absolute atomic E-state index is 9.59. The Morgan fingerprint density at radius 2 is 2.38 bits per heavy atom. The van der Waals surface area contributed by atoms with Crippen LogP contribution in [-0.4, -0.2) is 23.5 Å². The number of nitrogens with one attached hydrogen (secondary N) is 1. The Morgan fingerprint density at radius 1 is 1.69 bits per heavy atom. The van der Waals surface area contributed by atoms with Gasteiger partial charge in [0.25, 0.3) is 0 Å². The van der Waals surface area contributed by atoms with Crippen molar-refractivity contribution in [2.45, 2.75) is 0 Å². The lowest BCUT2D eigenvalue weighted by Crippen LogP contribution is -2.23. The van der Waals surface area contributed by atoms with Crippen LogP contribution in [0.15, 0.2) is 17.2 Å². The third kappa shape index (κ3) is 3.25. The number of nitrogens with two attached hydrogens (primary N) is 1. The first-order valence-electron chi connectivity index (χ1n) is 4.19. The Hall–Kier alpha value is -1.53. The summed E-state index contributed by atoms with van der Waals surface area (Å²) in [5.41, 5.74) is 7.96. The third-order valence-corrected chi connectivity index (χ3v) is 2.07. The molecule has 0 fully saturated rings. The first-order chi connectivity index (χ1) is 7.54. The molecule has 0 unspecified atom stereocenters. The fourth-order valence-electron chi connectivity index (χ4n) is 0.983. The van der Waals surface area contributed by atoms with Crippen molar-refractivity contribution in [2.75, 3.05) is 7.11 Å². The van der Waals surface area contributed by atoms with E-state index in [1.54, 1.807) is 0 Å². The van der Waals surface area contributed by atoms with Gasteiger partial charge in [0.1, 0.15) is 11.5 Å². The number of hydrazone groups is 1. The van der Waals surface area contributed by atoms with Crippen LogP contribution < -0.4 is 15.9 Å². The summed E-state index contributed by atoms with van der Waals surface area (Å²) in [6.45, 7) is 0. The molecule has 0 atom stereocenters. The number of methoxy groups -OCH3 is 1. The fraction of sp³-hybridized carbons (Fsp3) is 0.111. The van der Waals surface area contributed by atoms with Gasteiger partial charge in [0.05, 0.1) is 18.3 Å². The number of thiocarbonyl (C=S) groups is 1. The molecule has 0 bridgehead atoms. The summed E-state index contributed by atoms with van der Waals surface area (Å²) >= 11 is 10.4. The van der Waals surface area contributed by atoms with E-state index in [9.17, 15) is 5.11 Å². The third-order valence-electron chi connectivity index (χ3n) is 1.68. The molecular formula is C9H10ClN3O2S. The summed E-state index contributed by atoms with van der Waals surface area (Å²) in [5, 5.41) is 13.7. The predicted molar refractivity (Wildman–Crippen MR) is 67.2 cm³/mol. The standard InChI is InChI=1S/C9H10ClN3O2S/c1-15-8-3-7(14)5(2-6(8)10)4-12-13-9(11)16/h2-4,14H,1H3,(H3,11,13,16). The van der Waals surface area contributed by atoms with Gasteiger partial charge in [0.15, 0.2) is 5.11 Å². The lowest BCUT2D eigenvalue weighted by Gasteiger charge is -2.05. The summed E-state index contributed by atoms with van der Waals surface area (Å²) in [5.74, 6) is 0.383. The van der Waals surface area contributed by atoms with E-state index in [2.05, 4.69) is 22.7 Å². The minimum Gasteiger partial charge on any atom is -0.507 e. The largest absolute Gasteiger partial charge is 0.507 e. The highest BCUT2D eigenvalue weighted by Crippen LogP contribution is 2.30. The van der Waals surface area contributed by atoms with Crippen molar-refractivity contribution in [3.05, 3.63) is 22.7 Å². The van der Waals surface area contributed by atoms with Gasteiger partial charge in [-0.15, -0.1) is 0 Å². The minimum atomic E-state index is -0.00487. The molecule has 5 nitrogen and oxygen atoms in total. The fourth-order valence-corrected chi connectivity index (χ4v) is 1.29. The molecular weight excluding hydrogens is 250 g/mol. The van der Waals surface area contributed by atoms with Crippen LogP contribution in [0.2, 0.25) is 5.02 Å². The Balaban J connectivity index is 2.93. The summed E-state index contributed by atoms with van der Waals surface area (Å²) < 4.78 is 4.93. The molecule has 0 aliphatic heterocycles. The number of rotatable bonds is 3. The SMILES string of the molecule is COc1cc(O)c(C=NNC(N)=S)cc1Cl. The van der Waals surface area contributed by atoms with E-state index in [1.807, 2.05) is 0 Å².